The Hall–Kier alpha value is -4.01. The van der Waals surface area contributed by atoms with Gasteiger partial charge in [-0.25, -0.2) is 19.3 Å². The van der Waals surface area contributed by atoms with E-state index in [-0.39, 0.29) is 23.7 Å². The standard InChI is InChI=1S/C22H21N7O2/c1-13-12-28(14(2)16-6-3-4-10-23-16)20-15(21(30)25-13)8-9-18(26-20)29-17-7-5-11-24-19(17)27-22(29)31/h3-11,13-14H,12H2,1-2H3,(H,25,30)(H,24,27,31)/t13-,14+/m1/s1. The predicted octanol–water partition coefficient (Wildman–Crippen LogP) is 2.20. The number of aromatic amines is 1. The molecule has 156 valence electrons. The van der Waals surface area contributed by atoms with E-state index in [0.717, 1.165) is 5.69 Å². The minimum absolute atomic E-state index is 0.0867. The van der Waals surface area contributed by atoms with E-state index in [1.54, 1.807) is 36.7 Å². The maximum absolute atomic E-state index is 12.8. The van der Waals surface area contributed by atoms with Crippen molar-refractivity contribution in [3.8, 4) is 5.82 Å². The van der Waals surface area contributed by atoms with E-state index in [1.807, 2.05) is 32.0 Å². The molecule has 0 saturated carbocycles. The van der Waals surface area contributed by atoms with E-state index in [2.05, 4.69) is 25.2 Å². The highest BCUT2D eigenvalue weighted by atomic mass is 16.2. The zero-order chi connectivity index (χ0) is 21.5. The minimum Gasteiger partial charge on any atom is -0.348 e. The van der Waals surface area contributed by atoms with Gasteiger partial charge in [-0.1, -0.05) is 6.07 Å². The number of anilines is 1. The van der Waals surface area contributed by atoms with Crippen molar-refractivity contribution < 1.29 is 4.79 Å². The monoisotopic (exact) mass is 415 g/mol. The molecule has 0 unspecified atom stereocenters. The molecule has 4 aromatic heterocycles. The number of carbonyl (C=O) groups excluding carboxylic acids is 1. The van der Waals surface area contributed by atoms with Crippen LogP contribution in [-0.4, -0.2) is 43.0 Å². The molecule has 31 heavy (non-hydrogen) atoms. The van der Waals surface area contributed by atoms with Gasteiger partial charge in [0.15, 0.2) is 5.65 Å². The largest absolute Gasteiger partial charge is 0.348 e. The number of nitrogens with one attached hydrogen (secondary N) is 2. The molecule has 0 radical (unpaired) electrons. The number of pyridine rings is 3. The average Bonchev–Trinajstić information content (AvgIpc) is 3.06. The molecule has 1 aliphatic rings. The van der Waals surface area contributed by atoms with Crippen LogP contribution in [-0.2, 0) is 0 Å². The summed E-state index contributed by atoms with van der Waals surface area (Å²) in [6, 6.07) is 12.5. The topological polar surface area (TPSA) is 109 Å². The molecule has 0 aliphatic carbocycles. The lowest BCUT2D eigenvalue weighted by molar-refractivity contribution is 0.0945. The maximum Gasteiger partial charge on any atom is 0.333 e. The van der Waals surface area contributed by atoms with Gasteiger partial charge in [-0.3, -0.25) is 14.8 Å². The van der Waals surface area contributed by atoms with E-state index < -0.39 is 0 Å². The van der Waals surface area contributed by atoms with E-state index in [1.165, 1.54) is 4.57 Å². The molecule has 1 amide bonds. The van der Waals surface area contributed by atoms with E-state index in [9.17, 15) is 9.59 Å². The Balaban J connectivity index is 1.69. The quantitative estimate of drug-likeness (QED) is 0.531. The second-order valence-electron chi connectivity index (χ2n) is 7.63. The molecule has 9 heteroatoms. The van der Waals surface area contributed by atoms with Crippen LogP contribution in [0.2, 0.25) is 0 Å². The maximum atomic E-state index is 12.8. The highest BCUT2D eigenvalue weighted by molar-refractivity contribution is 6.00. The van der Waals surface area contributed by atoms with Crippen LogP contribution in [0.5, 0.6) is 0 Å². The number of imidazole rings is 1. The number of rotatable bonds is 3. The average molecular weight is 415 g/mol. The van der Waals surface area contributed by atoms with Gasteiger partial charge in [-0.05, 0) is 50.2 Å². The van der Waals surface area contributed by atoms with Crippen LogP contribution in [0.4, 0.5) is 5.82 Å². The first-order valence-corrected chi connectivity index (χ1v) is 10.1. The van der Waals surface area contributed by atoms with Gasteiger partial charge in [0.2, 0.25) is 0 Å². The normalized spacial score (nSPS) is 17.2. The summed E-state index contributed by atoms with van der Waals surface area (Å²) in [6.07, 6.45) is 3.37. The fraction of sp³-hybridized carbons (Fsp3) is 0.227. The van der Waals surface area contributed by atoms with Gasteiger partial charge in [0.1, 0.15) is 11.6 Å². The smallest absolute Gasteiger partial charge is 0.333 e. The first-order chi connectivity index (χ1) is 15.0. The third kappa shape index (κ3) is 3.24. The number of H-pyrrole nitrogens is 1. The number of hydrogen-bond donors (Lipinski definition) is 2. The van der Waals surface area contributed by atoms with Crippen molar-refractivity contribution in [1.29, 1.82) is 0 Å². The summed E-state index contributed by atoms with van der Waals surface area (Å²) < 4.78 is 1.47. The fourth-order valence-corrected chi connectivity index (χ4v) is 3.98. The number of fused-ring (bicyclic) bond motifs is 2. The summed E-state index contributed by atoms with van der Waals surface area (Å²) in [7, 11) is 0. The number of carbonyl (C=O) groups is 1. The molecule has 0 bridgehead atoms. The first kappa shape index (κ1) is 19.0. The number of nitrogens with zero attached hydrogens (tertiary/aromatic N) is 5. The van der Waals surface area contributed by atoms with Crippen molar-refractivity contribution in [2.45, 2.75) is 25.9 Å². The number of amides is 1. The third-order valence-corrected chi connectivity index (χ3v) is 5.49. The molecule has 5 heterocycles. The zero-order valence-electron chi connectivity index (χ0n) is 17.1. The lowest BCUT2D eigenvalue weighted by Gasteiger charge is -2.31. The fourth-order valence-electron chi connectivity index (χ4n) is 3.98. The SMILES string of the molecule is C[C@@H]1CN([C@@H](C)c2ccccn2)c2nc(-n3c(=O)[nH]c4ncccc43)ccc2C(=O)N1. The summed E-state index contributed by atoms with van der Waals surface area (Å²) in [6.45, 7) is 4.54. The summed E-state index contributed by atoms with van der Waals surface area (Å²) in [4.78, 5) is 43.8. The van der Waals surface area contributed by atoms with Gasteiger partial charge >= 0.3 is 5.69 Å². The van der Waals surface area contributed by atoms with E-state index in [4.69, 9.17) is 4.98 Å². The Bertz CT molecular complexity index is 1330. The molecule has 5 rings (SSSR count). The van der Waals surface area contributed by atoms with Crippen LogP contribution >= 0.6 is 0 Å². The highest BCUT2D eigenvalue weighted by Gasteiger charge is 2.30. The van der Waals surface area contributed by atoms with Crippen LogP contribution in [0.15, 0.2) is 59.7 Å². The van der Waals surface area contributed by atoms with Crippen molar-refractivity contribution in [2.75, 3.05) is 11.4 Å². The van der Waals surface area contributed by atoms with Crippen molar-refractivity contribution in [3.63, 3.8) is 0 Å². The Morgan fingerprint density at radius 1 is 1.06 bits per heavy atom. The molecule has 0 saturated heterocycles. The highest BCUT2D eigenvalue weighted by Crippen LogP contribution is 2.30. The molecule has 0 spiro atoms. The van der Waals surface area contributed by atoms with Gasteiger partial charge in [-0.15, -0.1) is 0 Å². The lowest BCUT2D eigenvalue weighted by Crippen LogP contribution is -2.39. The molecule has 1 aliphatic heterocycles. The Morgan fingerprint density at radius 2 is 1.90 bits per heavy atom. The Morgan fingerprint density at radius 3 is 2.71 bits per heavy atom. The van der Waals surface area contributed by atoms with Crippen LogP contribution < -0.4 is 15.9 Å². The molecular weight excluding hydrogens is 394 g/mol. The third-order valence-electron chi connectivity index (χ3n) is 5.49. The van der Waals surface area contributed by atoms with Crippen molar-refractivity contribution in [3.05, 3.63) is 76.6 Å². The molecule has 4 aromatic rings. The Labute approximate surface area is 177 Å². The summed E-state index contributed by atoms with van der Waals surface area (Å²) in [5, 5.41) is 3.00. The van der Waals surface area contributed by atoms with Crippen LogP contribution in [0.3, 0.4) is 0 Å². The van der Waals surface area contributed by atoms with Gasteiger partial charge in [0.25, 0.3) is 5.91 Å². The van der Waals surface area contributed by atoms with Crippen molar-refractivity contribution in [1.82, 2.24) is 29.8 Å². The van der Waals surface area contributed by atoms with Crippen molar-refractivity contribution in [2.24, 2.45) is 0 Å². The van der Waals surface area contributed by atoms with Crippen molar-refractivity contribution >= 4 is 22.9 Å². The second kappa shape index (κ2) is 7.35. The zero-order valence-corrected chi connectivity index (χ0v) is 17.1. The van der Waals surface area contributed by atoms with Gasteiger partial charge in [0.05, 0.1) is 22.8 Å². The number of hydrogen-bond acceptors (Lipinski definition) is 6. The molecule has 9 nitrogen and oxygen atoms in total. The number of aromatic nitrogens is 5. The second-order valence-corrected chi connectivity index (χ2v) is 7.63. The molecule has 0 fully saturated rings. The summed E-state index contributed by atoms with van der Waals surface area (Å²) in [5.41, 5.74) is 2.10. The predicted molar refractivity (Wildman–Crippen MR) is 116 cm³/mol. The summed E-state index contributed by atoms with van der Waals surface area (Å²) in [5.74, 6) is 0.747. The molecular formula is C22H21N7O2. The van der Waals surface area contributed by atoms with Crippen LogP contribution in [0, 0.1) is 0 Å². The van der Waals surface area contributed by atoms with Crippen LogP contribution in [0.1, 0.15) is 35.9 Å². The van der Waals surface area contributed by atoms with Gasteiger partial charge < -0.3 is 10.2 Å². The van der Waals surface area contributed by atoms with Gasteiger partial charge in [0, 0.05) is 25.0 Å². The lowest BCUT2D eigenvalue weighted by atomic mass is 10.1. The minimum atomic E-state index is -0.336. The van der Waals surface area contributed by atoms with Crippen LogP contribution in [0.25, 0.3) is 17.0 Å². The molecule has 0 aromatic carbocycles. The Kier molecular flexibility index (Phi) is 4.50. The summed E-state index contributed by atoms with van der Waals surface area (Å²) >= 11 is 0. The molecule has 2 atom stereocenters. The molecule has 2 N–H and O–H groups in total. The van der Waals surface area contributed by atoms with E-state index >= 15 is 0 Å². The first-order valence-electron chi connectivity index (χ1n) is 10.1. The van der Waals surface area contributed by atoms with E-state index in [0.29, 0.717) is 34.9 Å². The van der Waals surface area contributed by atoms with Gasteiger partial charge in [-0.2, -0.15) is 0 Å².